The Morgan fingerprint density at radius 1 is 1.57 bits per heavy atom. The number of rotatable bonds is 1. The van der Waals surface area contributed by atoms with Gasteiger partial charge in [0.05, 0.1) is 17.2 Å². The van der Waals surface area contributed by atoms with Crippen molar-refractivity contribution in [1.29, 1.82) is 0 Å². The molecule has 0 bridgehead atoms. The molecule has 0 aliphatic carbocycles. The summed E-state index contributed by atoms with van der Waals surface area (Å²) in [6.07, 6.45) is 0.495. The van der Waals surface area contributed by atoms with Crippen molar-refractivity contribution in [2.24, 2.45) is 0 Å². The van der Waals surface area contributed by atoms with Crippen molar-refractivity contribution in [2.45, 2.75) is 25.6 Å². The zero-order valence-electron chi connectivity index (χ0n) is 8.02. The van der Waals surface area contributed by atoms with Crippen LogP contribution < -0.4 is 5.73 Å². The molecule has 1 aromatic rings. The molecule has 0 spiro atoms. The third kappa shape index (κ3) is 1.39. The van der Waals surface area contributed by atoms with Crippen molar-refractivity contribution in [2.75, 3.05) is 11.5 Å². The van der Waals surface area contributed by atoms with Gasteiger partial charge in [0.15, 0.2) is 9.84 Å². The van der Waals surface area contributed by atoms with Crippen LogP contribution in [0.1, 0.15) is 18.2 Å². The standard InChI is InChI=1S/C8H13N3O2S/c1-2-11-8(9)6-5-14(12,13)4-3-7(6)10-11/h2-5,9H2,1H3. The molecule has 0 saturated carbocycles. The molecule has 2 rings (SSSR count). The quantitative estimate of drug-likeness (QED) is 0.712. The summed E-state index contributed by atoms with van der Waals surface area (Å²) in [6, 6.07) is 0. The van der Waals surface area contributed by atoms with Gasteiger partial charge in [0, 0.05) is 18.5 Å². The van der Waals surface area contributed by atoms with Gasteiger partial charge in [-0.3, -0.25) is 0 Å². The number of nitrogen functional groups attached to an aromatic ring is 1. The summed E-state index contributed by atoms with van der Waals surface area (Å²) < 4.78 is 24.4. The average molecular weight is 215 g/mol. The minimum absolute atomic E-state index is 0.0498. The van der Waals surface area contributed by atoms with E-state index in [9.17, 15) is 8.42 Å². The number of fused-ring (bicyclic) bond motifs is 1. The van der Waals surface area contributed by atoms with Crippen LogP contribution in [0.2, 0.25) is 0 Å². The second kappa shape index (κ2) is 2.98. The maximum Gasteiger partial charge on any atom is 0.155 e. The predicted molar refractivity (Wildman–Crippen MR) is 53.5 cm³/mol. The summed E-state index contributed by atoms with van der Waals surface area (Å²) in [5, 5.41) is 4.26. The van der Waals surface area contributed by atoms with Gasteiger partial charge in [-0.15, -0.1) is 0 Å². The molecule has 0 saturated heterocycles. The van der Waals surface area contributed by atoms with E-state index in [0.717, 1.165) is 5.69 Å². The van der Waals surface area contributed by atoms with Crippen molar-refractivity contribution >= 4 is 15.7 Å². The molecule has 0 fully saturated rings. The lowest BCUT2D eigenvalue weighted by Gasteiger charge is -2.10. The van der Waals surface area contributed by atoms with E-state index in [0.29, 0.717) is 24.3 Å². The van der Waals surface area contributed by atoms with E-state index in [1.807, 2.05) is 6.92 Å². The second-order valence-corrected chi connectivity index (χ2v) is 5.65. The molecule has 1 aromatic heterocycles. The van der Waals surface area contributed by atoms with Crippen molar-refractivity contribution in [1.82, 2.24) is 9.78 Å². The van der Waals surface area contributed by atoms with Gasteiger partial charge < -0.3 is 5.73 Å². The third-order valence-electron chi connectivity index (χ3n) is 2.49. The lowest BCUT2D eigenvalue weighted by atomic mass is 10.2. The highest BCUT2D eigenvalue weighted by atomic mass is 32.2. The Balaban J connectivity index is 2.51. The van der Waals surface area contributed by atoms with Gasteiger partial charge in [-0.2, -0.15) is 5.10 Å². The number of sulfone groups is 1. The van der Waals surface area contributed by atoms with Crippen LogP contribution in [-0.4, -0.2) is 24.0 Å². The number of anilines is 1. The van der Waals surface area contributed by atoms with Gasteiger partial charge in [0.1, 0.15) is 5.82 Å². The van der Waals surface area contributed by atoms with Crippen LogP contribution in [0.25, 0.3) is 0 Å². The van der Waals surface area contributed by atoms with Crippen molar-refractivity contribution in [3.05, 3.63) is 11.3 Å². The molecular weight excluding hydrogens is 202 g/mol. The van der Waals surface area contributed by atoms with Gasteiger partial charge in [-0.05, 0) is 6.92 Å². The first-order valence-corrected chi connectivity index (χ1v) is 6.40. The zero-order valence-corrected chi connectivity index (χ0v) is 8.84. The van der Waals surface area contributed by atoms with Crippen LogP contribution in [0.3, 0.4) is 0 Å². The number of hydrogen-bond donors (Lipinski definition) is 1. The van der Waals surface area contributed by atoms with Crippen LogP contribution in [0.4, 0.5) is 5.82 Å². The zero-order chi connectivity index (χ0) is 10.3. The molecule has 2 N–H and O–H groups in total. The van der Waals surface area contributed by atoms with Crippen molar-refractivity contribution < 1.29 is 8.42 Å². The fourth-order valence-corrected chi connectivity index (χ4v) is 3.11. The first-order chi connectivity index (χ1) is 6.53. The second-order valence-electron chi connectivity index (χ2n) is 3.47. The Hall–Kier alpha value is -1.04. The van der Waals surface area contributed by atoms with Crippen LogP contribution in [0.5, 0.6) is 0 Å². The van der Waals surface area contributed by atoms with Gasteiger partial charge in [0.2, 0.25) is 0 Å². The summed E-state index contributed by atoms with van der Waals surface area (Å²) in [7, 11) is -2.95. The van der Waals surface area contributed by atoms with Crippen molar-refractivity contribution in [3.63, 3.8) is 0 Å². The van der Waals surface area contributed by atoms with Crippen LogP contribution in [-0.2, 0) is 28.6 Å². The number of nitrogens with two attached hydrogens (primary N) is 1. The molecule has 14 heavy (non-hydrogen) atoms. The first kappa shape index (κ1) is 9.51. The molecule has 2 heterocycles. The summed E-state index contributed by atoms with van der Waals surface area (Å²) in [6.45, 7) is 2.61. The first-order valence-electron chi connectivity index (χ1n) is 4.58. The highest BCUT2D eigenvalue weighted by molar-refractivity contribution is 7.90. The fourth-order valence-electron chi connectivity index (χ4n) is 1.71. The minimum Gasteiger partial charge on any atom is -0.384 e. The number of hydrogen-bond acceptors (Lipinski definition) is 4. The molecular formula is C8H13N3O2S. The van der Waals surface area contributed by atoms with Gasteiger partial charge in [-0.25, -0.2) is 13.1 Å². The smallest absolute Gasteiger partial charge is 0.155 e. The van der Waals surface area contributed by atoms with Gasteiger partial charge >= 0.3 is 0 Å². The molecule has 1 aliphatic rings. The average Bonchev–Trinajstić information content (AvgIpc) is 2.42. The Morgan fingerprint density at radius 3 is 2.93 bits per heavy atom. The number of nitrogens with zero attached hydrogens (tertiary/aromatic N) is 2. The topological polar surface area (TPSA) is 78.0 Å². The van der Waals surface area contributed by atoms with Crippen LogP contribution >= 0.6 is 0 Å². The molecule has 6 heteroatoms. The molecule has 0 radical (unpaired) electrons. The largest absolute Gasteiger partial charge is 0.384 e. The number of aromatic nitrogens is 2. The predicted octanol–water partition coefficient (Wildman–Crippen LogP) is -0.0439. The fraction of sp³-hybridized carbons (Fsp3) is 0.625. The summed E-state index contributed by atoms with van der Waals surface area (Å²) in [5.41, 5.74) is 7.34. The highest BCUT2D eigenvalue weighted by Gasteiger charge is 2.26. The van der Waals surface area contributed by atoms with Crippen LogP contribution in [0, 0.1) is 0 Å². The normalized spacial score (nSPS) is 19.2. The molecule has 0 aromatic carbocycles. The molecule has 0 amide bonds. The summed E-state index contributed by atoms with van der Waals surface area (Å²) in [4.78, 5) is 0. The van der Waals surface area contributed by atoms with E-state index in [1.165, 1.54) is 0 Å². The van der Waals surface area contributed by atoms with E-state index < -0.39 is 9.84 Å². The van der Waals surface area contributed by atoms with E-state index in [4.69, 9.17) is 5.73 Å². The van der Waals surface area contributed by atoms with Crippen LogP contribution in [0.15, 0.2) is 0 Å². The third-order valence-corrected chi connectivity index (χ3v) is 4.05. The van der Waals surface area contributed by atoms with E-state index in [1.54, 1.807) is 4.68 Å². The Bertz CT molecular complexity index is 461. The molecule has 5 nitrogen and oxygen atoms in total. The Kier molecular flexibility index (Phi) is 2.02. The lowest BCUT2D eigenvalue weighted by Crippen LogP contribution is -2.18. The van der Waals surface area contributed by atoms with Gasteiger partial charge in [-0.1, -0.05) is 0 Å². The monoisotopic (exact) mass is 215 g/mol. The molecule has 0 atom stereocenters. The lowest BCUT2D eigenvalue weighted by molar-refractivity contribution is 0.590. The maximum absolute atomic E-state index is 11.4. The minimum atomic E-state index is -2.95. The Labute approximate surface area is 82.8 Å². The maximum atomic E-state index is 11.4. The van der Waals surface area contributed by atoms with E-state index in [-0.39, 0.29) is 11.5 Å². The summed E-state index contributed by atoms with van der Waals surface area (Å²) in [5.74, 6) is 0.750. The molecule has 0 unspecified atom stereocenters. The van der Waals surface area contributed by atoms with E-state index in [2.05, 4.69) is 5.10 Å². The molecule has 78 valence electrons. The van der Waals surface area contributed by atoms with Gasteiger partial charge in [0.25, 0.3) is 0 Å². The molecule has 1 aliphatic heterocycles. The Morgan fingerprint density at radius 2 is 2.29 bits per heavy atom. The van der Waals surface area contributed by atoms with Crippen molar-refractivity contribution in [3.8, 4) is 0 Å². The summed E-state index contributed by atoms with van der Waals surface area (Å²) >= 11 is 0. The number of aryl methyl sites for hydroxylation is 2. The highest BCUT2D eigenvalue weighted by Crippen LogP contribution is 2.25. The van der Waals surface area contributed by atoms with E-state index >= 15 is 0 Å². The SMILES string of the molecule is CCn1nc2c(c1N)CS(=O)(=O)CC2.